The van der Waals surface area contributed by atoms with E-state index in [-0.39, 0.29) is 6.61 Å². The number of piperidine rings is 1. The molecular weight excluding hydrogens is 276 g/mol. The number of rotatable bonds is 4. The lowest BCUT2D eigenvalue weighted by Crippen LogP contribution is -2.37. The molecule has 0 saturated carbocycles. The molecule has 116 valence electrons. The first-order valence-corrected chi connectivity index (χ1v) is 7.95. The van der Waals surface area contributed by atoms with E-state index in [1.807, 2.05) is 18.2 Å². The van der Waals surface area contributed by atoms with E-state index in [9.17, 15) is 5.11 Å². The summed E-state index contributed by atoms with van der Waals surface area (Å²) in [5.74, 6) is 1.97. The molecule has 1 N–H and O–H groups in total. The van der Waals surface area contributed by atoms with Crippen molar-refractivity contribution in [1.82, 2.24) is 15.0 Å². The average Bonchev–Trinajstić information content (AvgIpc) is 2.62. The first-order chi connectivity index (χ1) is 10.8. The van der Waals surface area contributed by atoms with Crippen LogP contribution in [0.15, 0.2) is 30.5 Å². The summed E-state index contributed by atoms with van der Waals surface area (Å²) in [5, 5.41) is 9.42. The molecule has 3 heterocycles. The average molecular weight is 298 g/mol. The van der Waals surface area contributed by atoms with Crippen molar-refractivity contribution < 1.29 is 5.11 Å². The number of anilines is 1. The third-order valence-corrected chi connectivity index (χ3v) is 4.12. The number of nitrogens with zero attached hydrogens (tertiary/aromatic N) is 4. The highest BCUT2D eigenvalue weighted by Gasteiger charge is 2.21. The lowest BCUT2D eigenvalue weighted by atomic mass is 9.99. The Balaban J connectivity index is 1.94. The predicted octanol–water partition coefficient (Wildman–Crippen LogP) is 2.31. The van der Waals surface area contributed by atoms with Crippen molar-refractivity contribution in [1.29, 1.82) is 0 Å². The second-order valence-corrected chi connectivity index (χ2v) is 5.75. The standard InChI is InChI=1S/C17H22N4O/c1-2-14-10-16(21-9-5-6-13(11-21)12-22)20-17(19-14)15-7-3-4-8-18-15/h3-4,7-8,10,13,22H,2,5-6,9,11-12H2,1H3. The zero-order chi connectivity index (χ0) is 15.4. The van der Waals surface area contributed by atoms with Gasteiger partial charge in [-0.25, -0.2) is 9.97 Å². The molecule has 0 bridgehead atoms. The van der Waals surface area contributed by atoms with Gasteiger partial charge in [0.25, 0.3) is 0 Å². The largest absolute Gasteiger partial charge is 0.396 e. The van der Waals surface area contributed by atoms with E-state index in [2.05, 4.69) is 27.9 Å². The number of hydrogen-bond acceptors (Lipinski definition) is 5. The maximum Gasteiger partial charge on any atom is 0.180 e. The lowest BCUT2D eigenvalue weighted by molar-refractivity contribution is 0.208. The number of aliphatic hydroxyl groups excluding tert-OH is 1. The number of pyridine rings is 1. The highest BCUT2D eigenvalue weighted by molar-refractivity contribution is 5.53. The van der Waals surface area contributed by atoms with Crippen molar-refractivity contribution >= 4 is 5.82 Å². The lowest BCUT2D eigenvalue weighted by Gasteiger charge is -2.33. The molecule has 0 radical (unpaired) electrons. The molecule has 1 atom stereocenters. The van der Waals surface area contributed by atoms with Gasteiger partial charge in [0.1, 0.15) is 11.5 Å². The fourth-order valence-corrected chi connectivity index (χ4v) is 2.86. The first kappa shape index (κ1) is 14.9. The molecule has 2 aromatic rings. The fourth-order valence-electron chi connectivity index (χ4n) is 2.86. The van der Waals surface area contributed by atoms with E-state index in [0.29, 0.717) is 11.7 Å². The van der Waals surface area contributed by atoms with Crippen LogP contribution in [0.4, 0.5) is 5.82 Å². The molecule has 1 saturated heterocycles. The van der Waals surface area contributed by atoms with E-state index in [0.717, 1.165) is 49.6 Å². The minimum absolute atomic E-state index is 0.245. The van der Waals surface area contributed by atoms with Gasteiger partial charge in [0.05, 0.1) is 0 Å². The van der Waals surface area contributed by atoms with Gasteiger partial charge in [0.15, 0.2) is 5.82 Å². The van der Waals surface area contributed by atoms with Gasteiger partial charge in [-0.3, -0.25) is 4.98 Å². The van der Waals surface area contributed by atoms with Gasteiger partial charge in [0, 0.05) is 37.7 Å². The fraction of sp³-hybridized carbons (Fsp3) is 0.471. The molecule has 1 aliphatic heterocycles. The number of hydrogen-bond donors (Lipinski definition) is 1. The van der Waals surface area contributed by atoms with Gasteiger partial charge in [-0.05, 0) is 37.3 Å². The van der Waals surface area contributed by atoms with Gasteiger partial charge in [-0.2, -0.15) is 0 Å². The van der Waals surface area contributed by atoms with Crippen LogP contribution in [0.1, 0.15) is 25.5 Å². The monoisotopic (exact) mass is 298 g/mol. The third-order valence-electron chi connectivity index (χ3n) is 4.12. The molecule has 0 aromatic carbocycles. The smallest absolute Gasteiger partial charge is 0.180 e. The second-order valence-electron chi connectivity index (χ2n) is 5.75. The van der Waals surface area contributed by atoms with E-state index in [4.69, 9.17) is 4.98 Å². The van der Waals surface area contributed by atoms with Crippen LogP contribution in [0.5, 0.6) is 0 Å². The van der Waals surface area contributed by atoms with E-state index >= 15 is 0 Å². The van der Waals surface area contributed by atoms with Crippen LogP contribution in [0.3, 0.4) is 0 Å². The molecule has 22 heavy (non-hydrogen) atoms. The molecule has 5 nitrogen and oxygen atoms in total. The van der Waals surface area contributed by atoms with Crippen LogP contribution in [-0.2, 0) is 6.42 Å². The van der Waals surface area contributed by atoms with Crippen LogP contribution in [0.25, 0.3) is 11.5 Å². The van der Waals surface area contributed by atoms with Gasteiger partial charge in [-0.15, -0.1) is 0 Å². The second kappa shape index (κ2) is 6.83. The molecule has 1 unspecified atom stereocenters. The molecule has 0 aliphatic carbocycles. The van der Waals surface area contributed by atoms with Crippen LogP contribution in [0, 0.1) is 5.92 Å². The Kier molecular flexibility index (Phi) is 4.63. The third kappa shape index (κ3) is 3.25. The summed E-state index contributed by atoms with van der Waals surface area (Å²) < 4.78 is 0. The molecule has 0 spiro atoms. The van der Waals surface area contributed by atoms with E-state index < -0.39 is 0 Å². The van der Waals surface area contributed by atoms with Gasteiger partial charge < -0.3 is 10.0 Å². The SMILES string of the molecule is CCc1cc(N2CCCC(CO)C2)nc(-c2ccccn2)n1. The number of aryl methyl sites for hydroxylation is 1. The van der Waals surface area contributed by atoms with Gasteiger partial charge in [-0.1, -0.05) is 13.0 Å². The highest BCUT2D eigenvalue weighted by atomic mass is 16.3. The van der Waals surface area contributed by atoms with Crippen molar-refractivity contribution in [3.8, 4) is 11.5 Å². The summed E-state index contributed by atoms with van der Waals surface area (Å²) in [5.41, 5.74) is 1.83. The molecule has 2 aromatic heterocycles. The van der Waals surface area contributed by atoms with Crippen molar-refractivity contribution in [3.63, 3.8) is 0 Å². The first-order valence-electron chi connectivity index (χ1n) is 7.95. The minimum Gasteiger partial charge on any atom is -0.396 e. The normalized spacial score (nSPS) is 18.5. The molecule has 1 aliphatic rings. The number of aromatic nitrogens is 3. The van der Waals surface area contributed by atoms with Crippen LogP contribution in [0.2, 0.25) is 0 Å². The highest BCUT2D eigenvalue weighted by Crippen LogP contribution is 2.24. The zero-order valence-electron chi connectivity index (χ0n) is 12.9. The van der Waals surface area contributed by atoms with Crippen LogP contribution >= 0.6 is 0 Å². The summed E-state index contributed by atoms with van der Waals surface area (Å²) in [6.45, 7) is 4.19. The van der Waals surface area contributed by atoms with Crippen molar-refractivity contribution in [2.45, 2.75) is 26.2 Å². The van der Waals surface area contributed by atoms with Crippen molar-refractivity contribution in [2.75, 3.05) is 24.6 Å². The van der Waals surface area contributed by atoms with Crippen LogP contribution < -0.4 is 4.90 Å². The zero-order valence-corrected chi connectivity index (χ0v) is 12.9. The Morgan fingerprint density at radius 1 is 1.32 bits per heavy atom. The van der Waals surface area contributed by atoms with Gasteiger partial charge in [0.2, 0.25) is 0 Å². The molecule has 0 amide bonds. The Morgan fingerprint density at radius 2 is 2.23 bits per heavy atom. The van der Waals surface area contributed by atoms with Gasteiger partial charge >= 0.3 is 0 Å². The minimum atomic E-state index is 0.245. The summed E-state index contributed by atoms with van der Waals surface area (Å²) in [7, 11) is 0. The Labute approximate surface area is 131 Å². The molecular formula is C17H22N4O. The summed E-state index contributed by atoms with van der Waals surface area (Å²) in [6.07, 6.45) is 4.81. The Hall–Kier alpha value is -2.01. The summed E-state index contributed by atoms with van der Waals surface area (Å²) >= 11 is 0. The van der Waals surface area contributed by atoms with Crippen molar-refractivity contribution in [2.24, 2.45) is 5.92 Å². The molecule has 1 fully saturated rings. The van der Waals surface area contributed by atoms with E-state index in [1.54, 1.807) is 6.20 Å². The maximum atomic E-state index is 9.42. The van der Waals surface area contributed by atoms with Crippen molar-refractivity contribution in [3.05, 3.63) is 36.2 Å². The predicted molar refractivity (Wildman–Crippen MR) is 86.7 cm³/mol. The maximum absolute atomic E-state index is 9.42. The van der Waals surface area contributed by atoms with Crippen LogP contribution in [-0.4, -0.2) is 39.8 Å². The summed E-state index contributed by atoms with van der Waals surface area (Å²) in [4.78, 5) is 15.9. The summed E-state index contributed by atoms with van der Waals surface area (Å²) in [6, 6.07) is 7.84. The Morgan fingerprint density at radius 3 is 2.95 bits per heavy atom. The molecule has 3 rings (SSSR count). The number of aliphatic hydroxyl groups is 1. The molecule has 5 heteroatoms. The quantitative estimate of drug-likeness (QED) is 0.938. The van der Waals surface area contributed by atoms with E-state index in [1.165, 1.54) is 0 Å². The topological polar surface area (TPSA) is 62.1 Å². The Bertz CT molecular complexity index is 617.